The van der Waals surface area contributed by atoms with E-state index in [2.05, 4.69) is 11.0 Å². The predicted octanol–water partition coefficient (Wildman–Crippen LogP) is 6.02. The third-order valence-corrected chi connectivity index (χ3v) is 8.26. The number of hydrogen-bond donors (Lipinski definition) is 0. The summed E-state index contributed by atoms with van der Waals surface area (Å²) in [4.78, 5) is 46.0. The molecule has 0 aromatic heterocycles. The Labute approximate surface area is 255 Å². The van der Waals surface area contributed by atoms with Gasteiger partial charge in [-0.05, 0) is 54.8 Å². The number of urea groups is 1. The molecule has 0 bridgehead atoms. The van der Waals surface area contributed by atoms with Crippen LogP contribution in [0.2, 0.25) is 10.0 Å². The van der Waals surface area contributed by atoms with Crippen LogP contribution in [0.25, 0.3) is 0 Å². The first kappa shape index (κ1) is 29.6. The number of anilines is 1. The molecule has 0 N–H and O–H groups in total. The Balaban J connectivity index is 1.59. The second kappa shape index (κ2) is 12.5. The van der Waals surface area contributed by atoms with E-state index in [1.54, 1.807) is 42.2 Å². The Kier molecular flexibility index (Phi) is 8.83. The van der Waals surface area contributed by atoms with Gasteiger partial charge < -0.3 is 9.64 Å². The summed E-state index contributed by atoms with van der Waals surface area (Å²) in [5, 5.41) is 9.98. The molecule has 10 heteroatoms. The number of benzene rings is 3. The van der Waals surface area contributed by atoms with Crippen molar-refractivity contribution in [2.75, 3.05) is 31.1 Å². The number of rotatable bonds is 9. The highest BCUT2D eigenvalue weighted by molar-refractivity contribution is 6.35. The maximum Gasteiger partial charge on any atom is 0.332 e. The summed E-state index contributed by atoms with van der Waals surface area (Å²) in [7, 11) is 0. The molecule has 2 fully saturated rings. The summed E-state index contributed by atoms with van der Waals surface area (Å²) in [6.07, 6.45) is 0.433. The first-order valence-corrected chi connectivity index (χ1v) is 14.6. The fourth-order valence-corrected chi connectivity index (χ4v) is 6.56. The van der Waals surface area contributed by atoms with Gasteiger partial charge in [-0.25, -0.2) is 9.69 Å². The van der Waals surface area contributed by atoms with Crippen molar-refractivity contribution in [3.8, 4) is 6.07 Å². The molecule has 2 aliphatic heterocycles. The normalized spacial score (nSPS) is 20.4. The van der Waals surface area contributed by atoms with Gasteiger partial charge in [-0.2, -0.15) is 5.26 Å². The quantitative estimate of drug-likeness (QED) is 0.219. The summed E-state index contributed by atoms with van der Waals surface area (Å²) in [5.74, 6) is -1.15. The van der Waals surface area contributed by atoms with Gasteiger partial charge in [-0.3, -0.25) is 14.5 Å². The molecule has 2 aliphatic rings. The van der Waals surface area contributed by atoms with Gasteiger partial charge >= 0.3 is 12.0 Å². The van der Waals surface area contributed by atoms with Crippen molar-refractivity contribution in [1.82, 2.24) is 9.80 Å². The maximum atomic E-state index is 14.7. The van der Waals surface area contributed by atoms with Crippen LogP contribution in [0.15, 0.2) is 72.8 Å². The third-order valence-electron chi connectivity index (χ3n) is 7.82. The minimum absolute atomic E-state index is 0.111. The lowest BCUT2D eigenvalue weighted by Gasteiger charge is -2.36. The van der Waals surface area contributed by atoms with Gasteiger partial charge in [0.1, 0.15) is 5.54 Å². The number of carbonyl (C=O) groups excluding carboxylic acids is 3. The first-order valence-electron chi connectivity index (χ1n) is 13.8. The van der Waals surface area contributed by atoms with Crippen molar-refractivity contribution in [3.63, 3.8) is 0 Å². The Morgan fingerprint density at radius 2 is 1.74 bits per heavy atom. The smallest absolute Gasteiger partial charge is 0.332 e. The molecule has 3 amide bonds. The van der Waals surface area contributed by atoms with Gasteiger partial charge in [0.05, 0.1) is 23.9 Å². The van der Waals surface area contributed by atoms with E-state index in [9.17, 15) is 19.6 Å². The van der Waals surface area contributed by atoms with Crippen LogP contribution in [0, 0.1) is 11.3 Å². The van der Waals surface area contributed by atoms with Crippen molar-refractivity contribution < 1.29 is 19.1 Å². The van der Waals surface area contributed by atoms with Crippen LogP contribution in [0.1, 0.15) is 42.4 Å². The lowest BCUT2D eigenvalue weighted by Crippen LogP contribution is -2.55. The van der Waals surface area contributed by atoms with Gasteiger partial charge in [0.2, 0.25) is 0 Å². The number of carbonyl (C=O) groups is 3. The van der Waals surface area contributed by atoms with Gasteiger partial charge in [0.15, 0.2) is 0 Å². The molecule has 2 heterocycles. The average Bonchev–Trinajstić information content (AvgIpc) is 3.44. The summed E-state index contributed by atoms with van der Waals surface area (Å²) in [5.41, 5.74) is 1.44. The van der Waals surface area contributed by atoms with E-state index in [0.717, 1.165) is 16.0 Å². The molecule has 2 atom stereocenters. The van der Waals surface area contributed by atoms with E-state index in [-0.39, 0.29) is 43.7 Å². The molecule has 42 heavy (non-hydrogen) atoms. The topological polar surface area (TPSA) is 93.9 Å². The molecule has 1 spiro atoms. The molecule has 0 aliphatic carbocycles. The van der Waals surface area contributed by atoms with Crippen LogP contribution < -0.4 is 4.90 Å². The Morgan fingerprint density at radius 3 is 2.38 bits per heavy atom. The molecule has 0 saturated carbocycles. The number of nitriles is 1. The number of esters is 1. The van der Waals surface area contributed by atoms with Crippen molar-refractivity contribution >= 4 is 46.8 Å². The highest BCUT2D eigenvalue weighted by Crippen LogP contribution is 2.47. The van der Waals surface area contributed by atoms with E-state index in [4.69, 9.17) is 27.9 Å². The second-order valence-corrected chi connectivity index (χ2v) is 11.3. The largest absolute Gasteiger partial charge is 0.466 e. The van der Waals surface area contributed by atoms with Gasteiger partial charge in [-0.1, -0.05) is 65.7 Å². The zero-order valence-corrected chi connectivity index (χ0v) is 24.6. The van der Waals surface area contributed by atoms with Crippen molar-refractivity contribution in [2.45, 2.75) is 37.8 Å². The highest BCUT2D eigenvalue weighted by Gasteiger charge is 2.65. The monoisotopic (exact) mass is 604 g/mol. The number of halogens is 2. The number of hydrogen-bond acceptors (Lipinski definition) is 6. The Morgan fingerprint density at radius 1 is 1.05 bits per heavy atom. The molecule has 8 nitrogen and oxygen atoms in total. The third kappa shape index (κ3) is 5.73. The van der Waals surface area contributed by atoms with Crippen LogP contribution in [0.5, 0.6) is 0 Å². The fraction of sp³-hybridized carbons (Fsp3) is 0.312. The number of likely N-dealkylation sites (tertiary alicyclic amines) is 1. The van der Waals surface area contributed by atoms with Gasteiger partial charge in [0.25, 0.3) is 5.91 Å². The first-order chi connectivity index (χ1) is 20.3. The molecule has 2 saturated heterocycles. The minimum atomic E-state index is -1.27. The number of amides is 3. The molecule has 216 valence electrons. The molecule has 3 aromatic rings. The molecular weight excluding hydrogens is 575 g/mol. The standard InChI is InChI=1S/C32H30Cl2N4O4/c1-2-42-29(39)9-6-14-37-31(41)38(27-16-25(33)15-26(34)17-27)30(40)32(37)21-36(19-23-7-4-3-5-8-23)20-28(32)24-12-10-22(18-35)11-13-24/h3-5,7-8,10-13,15-17,28H,2,6,9,14,19-21H2,1H3/t28-,32+/m0/s1. The lowest BCUT2D eigenvalue weighted by molar-refractivity contribution is -0.143. The predicted molar refractivity (Wildman–Crippen MR) is 160 cm³/mol. The van der Waals surface area contributed by atoms with Crippen LogP contribution in [-0.4, -0.2) is 59.5 Å². The molecular formula is C32H30Cl2N4O4. The van der Waals surface area contributed by atoms with E-state index < -0.39 is 17.5 Å². The van der Waals surface area contributed by atoms with Crippen LogP contribution in [0.3, 0.4) is 0 Å². The minimum Gasteiger partial charge on any atom is -0.466 e. The molecule has 5 rings (SSSR count). The number of imide groups is 1. The van der Waals surface area contributed by atoms with Crippen LogP contribution in [0.4, 0.5) is 10.5 Å². The number of ether oxygens (including phenoxy) is 1. The highest BCUT2D eigenvalue weighted by atomic mass is 35.5. The van der Waals surface area contributed by atoms with Gasteiger partial charge in [-0.15, -0.1) is 0 Å². The fourth-order valence-electron chi connectivity index (χ4n) is 6.04. The summed E-state index contributed by atoms with van der Waals surface area (Å²) in [6.45, 7) is 3.53. The molecule has 3 aromatic carbocycles. The van der Waals surface area contributed by atoms with Crippen LogP contribution >= 0.6 is 23.2 Å². The van der Waals surface area contributed by atoms with Crippen molar-refractivity contribution in [3.05, 3.63) is 99.5 Å². The lowest BCUT2D eigenvalue weighted by atomic mass is 9.80. The molecule has 0 radical (unpaired) electrons. The van der Waals surface area contributed by atoms with E-state index >= 15 is 0 Å². The SMILES string of the molecule is CCOC(=O)CCCN1C(=O)N(c2cc(Cl)cc(Cl)c2)C(=O)[C@]12CN(Cc1ccccc1)C[C@H]2c1ccc(C#N)cc1. The van der Waals surface area contributed by atoms with E-state index in [1.807, 2.05) is 42.5 Å². The summed E-state index contributed by atoms with van der Waals surface area (Å²) < 4.78 is 5.10. The van der Waals surface area contributed by atoms with Gasteiger partial charge in [0, 0.05) is 48.6 Å². The summed E-state index contributed by atoms with van der Waals surface area (Å²) in [6, 6.07) is 23.4. The second-order valence-electron chi connectivity index (χ2n) is 10.5. The van der Waals surface area contributed by atoms with E-state index in [1.165, 1.54) is 0 Å². The van der Waals surface area contributed by atoms with Crippen LogP contribution in [-0.2, 0) is 20.9 Å². The van der Waals surface area contributed by atoms with Crippen molar-refractivity contribution in [2.24, 2.45) is 0 Å². The zero-order valence-electron chi connectivity index (χ0n) is 23.1. The molecule has 0 unspecified atom stereocenters. The van der Waals surface area contributed by atoms with E-state index in [0.29, 0.717) is 35.1 Å². The Bertz CT molecular complexity index is 1510. The van der Waals surface area contributed by atoms with Crippen molar-refractivity contribution in [1.29, 1.82) is 5.26 Å². The maximum absolute atomic E-state index is 14.7. The summed E-state index contributed by atoms with van der Waals surface area (Å²) >= 11 is 12.6. The average molecular weight is 606 g/mol. The Hall–Kier alpha value is -3.90. The zero-order chi connectivity index (χ0) is 29.9. The number of nitrogens with zero attached hydrogens (tertiary/aromatic N) is 4.